The smallest absolute Gasteiger partial charge is 0.320 e. The Morgan fingerprint density at radius 1 is 1.25 bits per heavy atom. The van der Waals surface area contributed by atoms with E-state index in [9.17, 15) is 13.2 Å². The molecule has 1 aromatic rings. The van der Waals surface area contributed by atoms with Gasteiger partial charge in [0.15, 0.2) is 5.75 Å². The van der Waals surface area contributed by atoms with E-state index in [4.69, 9.17) is 5.11 Å². The highest BCUT2D eigenvalue weighted by Gasteiger charge is 2.17. The summed E-state index contributed by atoms with van der Waals surface area (Å²) >= 11 is 1.82. The molecule has 0 radical (unpaired) electrons. The summed E-state index contributed by atoms with van der Waals surface area (Å²) in [5, 5.41) is 9.17. The van der Waals surface area contributed by atoms with Crippen LogP contribution in [0.4, 0.5) is 5.69 Å². The zero-order valence-corrected chi connectivity index (χ0v) is 12.5. The Morgan fingerprint density at radius 2 is 1.85 bits per heavy atom. The number of carboxylic acids is 1. The summed E-state index contributed by atoms with van der Waals surface area (Å²) in [5.74, 6) is -2.29. The van der Waals surface area contributed by atoms with Crippen molar-refractivity contribution in [3.63, 3.8) is 0 Å². The first-order valence-corrected chi connectivity index (χ1v) is 8.97. The third-order valence-electron chi connectivity index (χ3n) is 3.05. The third kappa shape index (κ3) is 4.72. The molecule has 110 valence electrons. The average molecular weight is 315 g/mol. The van der Waals surface area contributed by atoms with E-state index in [0.29, 0.717) is 10.9 Å². The van der Waals surface area contributed by atoms with Gasteiger partial charge in [0, 0.05) is 15.8 Å². The third-order valence-corrected chi connectivity index (χ3v) is 5.57. The molecule has 0 aromatic heterocycles. The Balaban J connectivity index is 1.95. The minimum absolute atomic E-state index is 0.391. The van der Waals surface area contributed by atoms with E-state index in [1.165, 1.54) is 25.7 Å². The highest BCUT2D eigenvalue weighted by Crippen LogP contribution is 2.34. The second-order valence-corrected chi connectivity index (χ2v) is 7.90. The highest BCUT2D eigenvalue weighted by molar-refractivity contribution is 8.00. The number of rotatable bonds is 6. The lowest BCUT2D eigenvalue weighted by atomic mass is 10.3. The predicted molar refractivity (Wildman–Crippen MR) is 79.6 cm³/mol. The van der Waals surface area contributed by atoms with Crippen molar-refractivity contribution in [2.45, 2.75) is 35.8 Å². The van der Waals surface area contributed by atoms with Crippen molar-refractivity contribution >= 4 is 33.4 Å². The number of anilines is 1. The molecule has 2 N–H and O–H groups in total. The number of carboxylic acid groups (broad SMARTS) is 1. The fourth-order valence-corrected chi connectivity index (χ4v) is 4.32. The number of carbonyl (C=O) groups is 1. The van der Waals surface area contributed by atoms with Crippen LogP contribution in [0.5, 0.6) is 0 Å². The van der Waals surface area contributed by atoms with Crippen LogP contribution in [0.2, 0.25) is 0 Å². The van der Waals surface area contributed by atoms with Crippen LogP contribution in [-0.4, -0.2) is 30.5 Å². The summed E-state index contributed by atoms with van der Waals surface area (Å²) in [6.45, 7) is 0. The van der Waals surface area contributed by atoms with Crippen molar-refractivity contribution in [2.75, 3.05) is 10.5 Å². The molecule has 1 fully saturated rings. The van der Waals surface area contributed by atoms with Gasteiger partial charge in [0.25, 0.3) is 0 Å². The van der Waals surface area contributed by atoms with Gasteiger partial charge >= 0.3 is 5.97 Å². The molecular formula is C13H17NO4S2. The Hall–Kier alpha value is -1.21. The van der Waals surface area contributed by atoms with Gasteiger partial charge in [0.05, 0.1) is 0 Å². The molecule has 0 amide bonds. The van der Waals surface area contributed by atoms with Crippen LogP contribution in [-0.2, 0) is 14.8 Å². The first-order valence-electron chi connectivity index (χ1n) is 6.44. The minimum atomic E-state index is -3.83. The lowest BCUT2D eigenvalue weighted by Gasteiger charge is -2.10. The van der Waals surface area contributed by atoms with Crippen LogP contribution in [0.25, 0.3) is 0 Å². The summed E-state index contributed by atoms with van der Waals surface area (Å²) in [4.78, 5) is 11.5. The Labute approximate surface area is 122 Å². The van der Waals surface area contributed by atoms with Crippen LogP contribution in [0, 0.1) is 0 Å². The van der Waals surface area contributed by atoms with Gasteiger partial charge < -0.3 is 5.11 Å². The highest BCUT2D eigenvalue weighted by atomic mass is 32.2. The largest absolute Gasteiger partial charge is 0.480 e. The lowest BCUT2D eigenvalue weighted by molar-refractivity contribution is -0.134. The second kappa shape index (κ2) is 6.49. The quantitative estimate of drug-likeness (QED) is 0.843. The van der Waals surface area contributed by atoms with Crippen LogP contribution < -0.4 is 4.72 Å². The molecule has 1 aliphatic carbocycles. The van der Waals surface area contributed by atoms with Crippen molar-refractivity contribution < 1.29 is 18.3 Å². The molecule has 1 aliphatic rings. The van der Waals surface area contributed by atoms with E-state index in [-0.39, 0.29) is 0 Å². The summed E-state index contributed by atoms with van der Waals surface area (Å²) < 4.78 is 25.2. The topological polar surface area (TPSA) is 83.5 Å². The summed E-state index contributed by atoms with van der Waals surface area (Å²) in [6, 6.07) is 7.05. The van der Waals surface area contributed by atoms with Gasteiger partial charge in [-0.2, -0.15) is 0 Å². The molecule has 0 atom stereocenters. The van der Waals surface area contributed by atoms with Crippen molar-refractivity contribution in [3.05, 3.63) is 24.3 Å². The molecular weight excluding hydrogens is 298 g/mol. The van der Waals surface area contributed by atoms with Gasteiger partial charge in [-0.3, -0.25) is 9.52 Å². The summed E-state index contributed by atoms with van der Waals surface area (Å²) in [6.07, 6.45) is 5.03. The molecule has 0 aliphatic heterocycles. The number of benzene rings is 1. The second-order valence-electron chi connectivity index (χ2n) is 4.80. The average Bonchev–Trinajstić information content (AvgIpc) is 2.82. The zero-order valence-electron chi connectivity index (χ0n) is 10.9. The van der Waals surface area contributed by atoms with Crippen LogP contribution >= 0.6 is 11.8 Å². The molecule has 5 nitrogen and oxygen atoms in total. The molecule has 0 saturated heterocycles. The first kappa shape index (κ1) is 15.2. The van der Waals surface area contributed by atoms with Crippen molar-refractivity contribution in [1.82, 2.24) is 0 Å². The number of nitrogens with one attached hydrogen (secondary N) is 1. The van der Waals surface area contributed by atoms with Gasteiger partial charge in [-0.05, 0) is 37.1 Å². The number of hydrogen-bond donors (Lipinski definition) is 2. The Kier molecular flexibility index (Phi) is 4.93. The summed E-state index contributed by atoms with van der Waals surface area (Å²) in [7, 11) is -3.83. The molecule has 1 saturated carbocycles. The SMILES string of the molecule is O=C(O)CS(=O)(=O)Nc1ccc(SC2CCCC2)cc1. The first-order chi connectivity index (χ1) is 9.44. The predicted octanol–water partition coefficient (Wildman–Crippen LogP) is 2.55. The van der Waals surface area contributed by atoms with E-state index in [2.05, 4.69) is 4.72 Å². The Bertz CT molecular complexity index is 563. The van der Waals surface area contributed by atoms with Gasteiger partial charge in [-0.1, -0.05) is 12.8 Å². The molecule has 0 heterocycles. The summed E-state index contributed by atoms with van der Waals surface area (Å²) in [5.41, 5.74) is 0.391. The fraction of sp³-hybridized carbons (Fsp3) is 0.462. The van der Waals surface area contributed by atoms with Crippen molar-refractivity contribution in [3.8, 4) is 0 Å². The van der Waals surface area contributed by atoms with E-state index in [1.54, 1.807) is 12.1 Å². The van der Waals surface area contributed by atoms with E-state index >= 15 is 0 Å². The van der Waals surface area contributed by atoms with Crippen LogP contribution in [0.3, 0.4) is 0 Å². The molecule has 2 rings (SSSR count). The van der Waals surface area contributed by atoms with Gasteiger partial charge in [-0.15, -0.1) is 11.8 Å². The number of aliphatic carboxylic acids is 1. The molecule has 1 aromatic carbocycles. The molecule has 0 bridgehead atoms. The van der Waals surface area contributed by atoms with Gasteiger partial charge in [0.1, 0.15) is 0 Å². The molecule has 20 heavy (non-hydrogen) atoms. The van der Waals surface area contributed by atoms with E-state index < -0.39 is 21.7 Å². The van der Waals surface area contributed by atoms with Crippen molar-refractivity contribution in [2.24, 2.45) is 0 Å². The van der Waals surface area contributed by atoms with Gasteiger partial charge in [0.2, 0.25) is 10.0 Å². The zero-order chi connectivity index (χ0) is 14.6. The fourth-order valence-electron chi connectivity index (χ4n) is 2.18. The number of thioether (sulfide) groups is 1. The maximum Gasteiger partial charge on any atom is 0.320 e. The molecule has 7 heteroatoms. The lowest BCUT2D eigenvalue weighted by Crippen LogP contribution is -2.22. The Morgan fingerprint density at radius 3 is 2.40 bits per heavy atom. The maximum atomic E-state index is 11.5. The molecule has 0 unspecified atom stereocenters. The van der Waals surface area contributed by atoms with Gasteiger partial charge in [-0.25, -0.2) is 8.42 Å². The normalized spacial score (nSPS) is 16.2. The molecule has 0 spiro atoms. The van der Waals surface area contributed by atoms with Crippen LogP contribution in [0.1, 0.15) is 25.7 Å². The maximum absolute atomic E-state index is 11.5. The van der Waals surface area contributed by atoms with Crippen molar-refractivity contribution in [1.29, 1.82) is 0 Å². The van der Waals surface area contributed by atoms with E-state index in [0.717, 1.165) is 4.90 Å². The standard InChI is InChI=1S/C13H17NO4S2/c15-13(16)9-20(17,18)14-10-5-7-12(8-6-10)19-11-3-1-2-4-11/h5-8,11,14H,1-4,9H2,(H,15,16). The monoisotopic (exact) mass is 315 g/mol. The minimum Gasteiger partial charge on any atom is -0.480 e. The number of hydrogen-bond acceptors (Lipinski definition) is 4. The van der Waals surface area contributed by atoms with E-state index in [1.807, 2.05) is 23.9 Å². The van der Waals surface area contributed by atoms with Crippen LogP contribution in [0.15, 0.2) is 29.2 Å². The number of sulfonamides is 1.